The summed E-state index contributed by atoms with van der Waals surface area (Å²) in [5.41, 5.74) is 1.10. The molecule has 306 valence electrons. The summed E-state index contributed by atoms with van der Waals surface area (Å²) in [6.45, 7) is 0. The summed E-state index contributed by atoms with van der Waals surface area (Å²) < 4.78 is 188. The summed E-state index contributed by atoms with van der Waals surface area (Å²) in [6, 6.07) is 30.3. The summed E-state index contributed by atoms with van der Waals surface area (Å²) in [6.07, 6.45) is -7.28. The van der Waals surface area contributed by atoms with Crippen molar-refractivity contribution >= 4 is 31.2 Å². The average Bonchev–Trinajstić information content (AvgIpc) is 3.21. The molecule has 57 heavy (non-hydrogen) atoms. The highest BCUT2D eigenvalue weighted by atomic mass is 32.3. The molecule has 5 aromatic carbocycles. The quantitative estimate of drug-likeness (QED) is 0.0765. The summed E-state index contributed by atoms with van der Waals surface area (Å²) in [5.74, 6) is -15.8. The number of hydrogen-bond acceptors (Lipinski definition) is 7. The maximum absolute atomic E-state index is 15.2. The molecule has 0 bridgehead atoms. The van der Waals surface area contributed by atoms with Gasteiger partial charge in [-0.15, -0.1) is 0 Å². The van der Waals surface area contributed by atoms with Gasteiger partial charge < -0.3 is 14.2 Å². The van der Waals surface area contributed by atoms with Gasteiger partial charge in [-0.2, -0.15) is 47.9 Å². The zero-order valence-electron chi connectivity index (χ0n) is 29.7. The lowest BCUT2D eigenvalue weighted by Gasteiger charge is -2.41. The summed E-state index contributed by atoms with van der Waals surface area (Å²) in [5, 5.41) is -7.13. The Labute approximate surface area is 325 Å². The van der Waals surface area contributed by atoms with E-state index in [0.717, 1.165) is 36.4 Å². The third-order valence-electron chi connectivity index (χ3n) is 8.63. The first kappa shape index (κ1) is 43.7. The van der Waals surface area contributed by atoms with Gasteiger partial charge in [0.1, 0.15) is 5.75 Å². The van der Waals surface area contributed by atoms with Crippen LogP contribution in [0.25, 0.3) is 0 Å². The van der Waals surface area contributed by atoms with Crippen molar-refractivity contribution in [3.63, 3.8) is 0 Å². The number of hydrogen-bond donors (Lipinski definition) is 0. The van der Waals surface area contributed by atoms with Gasteiger partial charge >= 0.3 is 33.4 Å². The molecule has 0 saturated carbocycles. The first-order chi connectivity index (χ1) is 26.7. The van der Waals surface area contributed by atoms with Crippen LogP contribution in [0.4, 0.5) is 39.5 Å². The van der Waals surface area contributed by atoms with Crippen molar-refractivity contribution < 1.29 is 70.0 Å². The van der Waals surface area contributed by atoms with Crippen molar-refractivity contribution in [2.45, 2.75) is 53.5 Å². The van der Waals surface area contributed by atoms with Crippen LogP contribution in [0.3, 0.4) is 0 Å². The molecule has 1 atom stereocenters. The van der Waals surface area contributed by atoms with Crippen LogP contribution in [0, 0.1) is 0 Å². The second kappa shape index (κ2) is 16.1. The highest BCUT2D eigenvalue weighted by Crippen LogP contribution is 2.71. The van der Waals surface area contributed by atoms with Crippen molar-refractivity contribution in [1.82, 2.24) is 0 Å². The molecule has 0 heterocycles. The Hall–Kier alpha value is -4.40. The fourth-order valence-corrected chi connectivity index (χ4v) is 11.9. The molecule has 5 aromatic rings. The molecule has 0 fully saturated rings. The largest absolute Gasteiger partial charge is 0.497 e. The second-order valence-electron chi connectivity index (χ2n) is 11.9. The molecule has 0 spiro atoms. The maximum Gasteiger partial charge on any atom is 0.460 e. The summed E-state index contributed by atoms with van der Waals surface area (Å²) in [7, 11) is -9.26. The normalized spacial score (nSPS) is 14.2. The monoisotopic (exact) mass is 866 g/mol. The minimum absolute atomic E-state index is 0.0605. The number of methoxy groups -OCH3 is 3. The zero-order chi connectivity index (χ0) is 42.1. The molecule has 0 aliphatic rings. The second-order valence-corrected chi connectivity index (χ2v) is 17.9. The molecule has 0 amide bonds. The lowest BCUT2D eigenvalue weighted by atomic mass is 9.97. The highest BCUT2D eigenvalue weighted by molar-refractivity contribution is 8.33. The third-order valence-corrected chi connectivity index (χ3v) is 15.3. The predicted octanol–water partition coefficient (Wildman–Crippen LogP) is 10.3. The van der Waals surface area contributed by atoms with Gasteiger partial charge in [0.15, 0.2) is 0 Å². The van der Waals surface area contributed by atoms with Crippen LogP contribution in [0.2, 0.25) is 0 Å². The number of halogens is 9. The van der Waals surface area contributed by atoms with Crippen molar-refractivity contribution in [3.05, 3.63) is 145 Å². The van der Waals surface area contributed by atoms with Crippen LogP contribution in [0.1, 0.15) is 11.1 Å². The first-order valence-electron chi connectivity index (χ1n) is 16.1. The molecule has 0 saturated heterocycles. The van der Waals surface area contributed by atoms with Crippen LogP contribution in [-0.4, -0.2) is 57.2 Å². The first-order valence-corrected chi connectivity index (χ1v) is 20.2. The van der Waals surface area contributed by atoms with Crippen LogP contribution in [0.15, 0.2) is 158 Å². The van der Waals surface area contributed by atoms with Gasteiger partial charge in [-0.1, -0.05) is 48.5 Å². The minimum Gasteiger partial charge on any atom is -0.497 e. The Morgan fingerprint density at radius 1 is 0.509 bits per heavy atom. The molecule has 0 aliphatic carbocycles. The fraction of sp³-hybridized carbons (Fsp3) is 0.211. The van der Waals surface area contributed by atoms with E-state index in [1.165, 1.54) is 82.0 Å². The molecule has 0 aromatic heterocycles. The van der Waals surface area contributed by atoms with Crippen LogP contribution >= 0.6 is 10.3 Å². The van der Waals surface area contributed by atoms with Gasteiger partial charge in [0.25, 0.3) is 0 Å². The van der Waals surface area contributed by atoms with E-state index in [1.54, 1.807) is 36.4 Å². The van der Waals surface area contributed by atoms with E-state index in [2.05, 4.69) is 0 Å². The number of ether oxygens (including phenoxy) is 3. The van der Waals surface area contributed by atoms with E-state index in [9.17, 15) is 43.4 Å². The van der Waals surface area contributed by atoms with Gasteiger partial charge in [-0.3, -0.25) is 0 Å². The highest BCUT2D eigenvalue weighted by Gasteiger charge is 2.86. The van der Waals surface area contributed by atoms with E-state index in [0.29, 0.717) is 16.9 Å². The van der Waals surface area contributed by atoms with Gasteiger partial charge in [0.2, 0.25) is 5.79 Å². The Morgan fingerprint density at radius 2 is 0.895 bits per heavy atom. The maximum atomic E-state index is 15.2. The Balaban J connectivity index is 1.59. The molecular weight excluding hydrogens is 836 g/mol. The van der Waals surface area contributed by atoms with Crippen LogP contribution in [-0.2, 0) is 39.8 Å². The summed E-state index contributed by atoms with van der Waals surface area (Å²) in [4.78, 5) is -0.556. The third kappa shape index (κ3) is 7.56. The predicted molar refractivity (Wildman–Crippen MR) is 192 cm³/mol. The molecule has 0 radical (unpaired) electrons. The molecule has 5 rings (SSSR count). The molecule has 7 nitrogen and oxygen atoms in total. The molecule has 1 unspecified atom stereocenters. The van der Waals surface area contributed by atoms with Gasteiger partial charge in [-0.05, 0) is 95.2 Å². The lowest BCUT2D eigenvalue weighted by Crippen LogP contribution is -2.63. The SMILES string of the molecule is COc1ccc(C(OC)(OC)c2ccc(S(=O)c3ccc(S(OS(=O)(=O)C(F)(F)C(F)(F)C(F)(F)C(F)(F)F)(c4ccccc4)c4ccccc4)cc3)cc2)cc1. The summed E-state index contributed by atoms with van der Waals surface area (Å²) >= 11 is 0. The van der Waals surface area contributed by atoms with Crippen molar-refractivity contribution in [1.29, 1.82) is 0 Å². The van der Waals surface area contributed by atoms with Gasteiger partial charge in [0, 0.05) is 49.8 Å². The number of alkyl halides is 9. The van der Waals surface area contributed by atoms with E-state index in [-0.39, 0.29) is 24.5 Å². The Morgan fingerprint density at radius 3 is 1.28 bits per heavy atom. The zero-order valence-corrected chi connectivity index (χ0v) is 32.1. The van der Waals surface area contributed by atoms with E-state index in [4.69, 9.17) is 17.8 Å². The van der Waals surface area contributed by atoms with Crippen molar-refractivity contribution in [2.24, 2.45) is 0 Å². The van der Waals surface area contributed by atoms with Crippen LogP contribution < -0.4 is 4.74 Å². The van der Waals surface area contributed by atoms with Gasteiger partial charge in [0.05, 0.1) is 17.9 Å². The van der Waals surface area contributed by atoms with E-state index < -0.39 is 60.3 Å². The average molecular weight is 867 g/mol. The smallest absolute Gasteiger partial charge is 0.460 e. The van der Waals surface area contributed by atoms with Crippen LogP contribution in [0.5, 0.6) is 5.75 Å². The molecule has 0 N–H and O–H groups in total. The number of benzene rings is 5. The lowest BCUT2D eigenvalue weighted by molar-refractivity contribution is -0.382. The Bertz CT molecular complexity index is 2230. The van der Waals surface area contributed by atoms with E-state index >= 15 is 8.78 Å². The van der Waals surface area contributed by atoms with Gasteiger partial charge in [-0.25, -0.2) is 7.84 Å². The minimum atomic E-state index is -7.53. The standard InChI is InChI=1S/C38H31F9O7S3/c1-51-28-18-14-26(15-19-28)34(52-2,53-3)27-16-20-29(21-17-27)55(48)30-22-24-33(25-23-30)56(31-10-6-4-7-11-31,32-12-8-5-9-13-32)54-57(49,50)38(46,47)36(41,42)35(39,40)37(43,44)45/h4-25H,1-3H3. The Kier molecular flexibility index (Phi) is 12.3. The molecular formula is C38H31F9O7S3. The number of rotatable bonds is 15. The topological polar surface area (TPSA) is 88.1 Å². The fourth-order valence-electron chi connectivity index (χ4n) is 5.67. The van der Waals surface area contributed by atoms with Crippen molar-refractivity contribution in [3.8, 4) is 5.75 Å². The molecule has 19 heteroatoms. The molecule has 0 aliphatic heterocycles. The van der Waals surface area contributed by atoms with Crippen molar-refractivity contribution in [2.75, 3.05) is 21.3 Å². The van der Waals surface area contributed by atoms with E-state index in [1.807, 2.05) is 0 Å².